The first-order chi connectivity index (χ1) is 6.71. The van der Waals surface area contributed by atoms with Crippen LogP contribution in [0.5, 0.6) is 0 Å². The van der Waals surface area contributed by atoms with Crippen molar-refractivity contribution in [2.75, 3.05) is 13.7 Å². The van der Waals surface area contributed by atoms with Crippen molar-refractivity contribution in [1.29, 1.82) is 5.26 Å². The monoisotopic (exact) mass is 197 g/mol. The van der Waals surface area contributed by atoms with Crippen LogP contribution >= 0.6 is 0 Å². The second kappa shape index (κ2) is 7.52. The second-order valence-corrected chi connectivity index (χ2v) is 3.43. The van der Waals surface area contributed by atoms with Crippen LogP contribution in [-0.2, 0) is 9.53 Å². The van der Waals surface area contributed by atoms with E-state index in [9.17, 15) is 4.79 Å². The molecule has 0 aromatic rings. The lowest BCUT2D eigenvalue weighted by Gasteiger charge is -2.18. The lowest BCUT2D eigenvalue weighted by molar-refractivity contribution is -0.123. The Morgan fingerprint density at radius 2 is 2.14 bits per heavy atom. The van der Waals surface area contributed by atoms with Crippen LogP contribution in [0.2, 0.25) is 0 Å². The molecule has 80 valence electrons. The van der Waals surface area contributed by atoms with E-state index in [1.807, 2.05) is 6.92 Å². The molecule has 0 aliphatic rings. The van der Waals surface area contributed by atoms with Gasteiger partial charge in [-0.05, 0) is 6.42 Å². The van der Waals surface area contributed by atoms with Crippen LogP contribution in [0.15, 0.2) is 0 Å². The van der Waals surface area contributed by atoms with Crippen LogP contribution < -0.4 is 0 Å². The molecular weight excluding hydrogens is 178 g/mol. The molecule has 0 aromatic heterocycles. The molecule has 0 rings (SSSR count). The Labute approximate surface area is 86.1 Å². The smallest absolute Gasteiger partial charge is 0.150 e. The van der Waals surface area contributed by atoms with Gasteiger partial charge < -0.3 is 4.74 Å². The molecule has 0 aliphatic heterocycles. The standard InChI is InChI=1S/C11H19NO2/c1-4-6-9(8-14-3)10(7-12)11(13)5-2/h9-10H,4-6,8H2,1-3H3. The van der Waals surface area contributed by atoms with Crippen LogP contribution in [0, 0.1) is 23.2 Å². The molecule has 0 saturated heterocycles. The summed E-state index contributed by atoms with van der Waals surface area (Å²) in [6.07, 6.45) is 2.28. The molecule has 3 nitrogen and oxygen atoms in total. The summed E-state index contributed by atoms with van der Waals surface area (Å²) in [6.45, 7) is 4.34. The number of ketones is 1. The molecule has 2 atom stereocenters. The van der Waals surface area contributed by atoms with E-state index in [0.717, 1.165) is 12.8 Å². The van der Waals surface area contributed by atoms with Gasteiger partial charge in [0.15, 0.2) is 0 Å². The summed E-state index contributed by atoms with van der Waals surface area (Å²) in [6, 6.07) is 2.09. The molecule has 0 spiro atoms. The van der Waals surface area contributed by atoms with Gasteiger partial charge in [0.1, 0.15) is 11.7 Å². The topological polar surface area (TPSA) is 50.1 Å². The largest absolute Gasteiger partial charge is 0.384 e. The molecule has 0 heterocycles. The highest BCUT2D eigenvalue weighted by Crippen LogP contribution is 2.19. The summed E-state index contributed by atoms with van der Waals surface area (Å²) >= 11 is 0. The summed E-state index contributed by atoms with van der Waals surface area (Å²) in [5.74, 6) is -0.398. The molecule has 2 unspecified atom stereocenters. The molecule has 0 radical (unpaired) electrons. The van der Waals surface area contributed by atoms with Crippen molar-refractivity contribution < 1.29 is 9.53 Å². The zero-order valence-electron chi connectivity index (χ0n) is 9.25. The fourth-order valence-electron chi connectivity index (χ4n) is 1.59. The SMILES string of the molecule is CCCC(COC)C(C#N)C(=O)CC. The lowest BCUT2D eigenvalue weighted by atomic mass is 9.86. The van der Waals surface area contributed by atoms with Gasteiger partial charge in [-0.15, -0.1) is 0 Å². The maximum atomic E-state index is 11.5. The maximum absolute atomic E-state index is 11.5. The minimum Gasteiger partial charge on any atom is -0.384 e. The highest BCUT2D eigenvalue weighted by Gasteiger charge is 2.26. The van der Waals surface area contributed by atoms with Gasteiger partial charge in [0, 0.05) is 19.4 Å². The van der Waals surface area contributed by atoms with Crippen molar-refractivity contribution in [3.8, 4) is 6.07 Å². The fraction of sp³-hybridized carbons (Fsp3) is 0.818. The number of rotatable bonds is 7. The van der Waals surface area contributed by atoms with E-state index in [1.165, 1.54) is 0 Å². The molecule has 0 saturated carbocycles. The quantitative estimate of drug-likeness (QED) is 0.628. The predicted molar refractivity (Wildman–Crippen MR) is 54.7 cm³/mol. The third-order valence-corrected chi connectivity index (χ3v) is 2.35. The first-order valence-electron chi connectivity index (χ1n) is 5.12. The Morgan fingerprint density at radius 3 is 2.50 bits per heavy atom. The Balaban J connectivity index is 4.42. The summed E-state index contributed by atoms with van der Waals surface area (Å²) in [5.41, 5.74) is 0. The van der Waals surface area contributed by atoms with Crippen LogP contribution in [0.3, 0.4) is 0 Å². The van der Waals surface area contributed by atoms with E-state index in [1.54, 1.807) is 14.0 Å². The molecular formula is C11H19NO2. The van der Waals surface area contributed by atoms with Gasteiger partial charge in [0.25, 0.3) is 0 Å². The third-order valence-electron chi connectivity index (χ3n) is 2.35. The number of carbonyl (C=O) groups is 1. The minimum atomic E-state index is -0.486. The van der Waals surface area contributed by atoms with Gasteiger partial charge in [-0.2, -0.15) is 5.26 Å². The maximum Gasteiger partial charge on any atom is 0.150 e. The fourth-order valence-corrected chi connectivity index (χ4v) is 1.59. The van der Waals surface area contributed by atoms with Gasteiger partial charge in [-0.1, -0.05) is 20.3 Å². The Morgan fingerprint density at radius 1 is 1.50 bits per heavy atom. The number of ether oxygens (including phenoxy) is 1. The van der Waals surface area contributed by atoms with Gasteiger partial charge in [-0.25, -0.2) is 0 Å². The Hall–Kier alpha value is -0.880. The van der Waals surface area contributed by atoms with Crippen LogP contribution in [0.4, 0.5) is 0 Å². The van der Waals surface area contributed by atoms with E-state index >= 15 is 0 Å². The number of hydrogen-bond acceptors (Lipinski definition) is 3. The molecule has 0 bridgehead atoms. The average Bonchev–Trinajstić information content (AvgIpc) is 2.19. The highest BCUT2D eigenvalue weighted by molar-refractivity contribution is 5.83. The van der Waals surface area contributed by atoms with E-state index in [0.29, 0.717) is 13.0 Å². The molecule has 0 amide bonds. The number of hydrogen-bond donors (Lipinski definition) is 0. The predicted octanol–water partition coefficient (Wildman–Crippen LogP) is 2.17. The molecule has 14 heavy (non-hydrogen) atoms. The van der Waals surface area contributed by atoms with E-state index in [4.69, 9.17) is 10.00 Å². The van der Waals surface area contributed by atoms with Crippen LogP contribution in [0.1, 0.15) is 33.1 Å². The van der Waals surface area contributed by atoms with Crippen molar-refractivity contribution in [1.82, 2.24) is 0 Å². The zero-order chi connectivity index (χ0) is 11.0. The van der Waals surface area contributed by atoms with Gasteiger partial charge in [0.05, 0.1) is 12.7 Å². The first-order valence-corrected chi connectivity index (χ1v) is 5.12. The van der Waals surface area contributed by atoms with Crippen molar-refractivity contribution in [3.05, 3.63) is 0 Å². The average molecular weight is 197 g/mol. The Bertz CT molecular complexity index is 202. The molecule has 3 heteroatoms. The van der Waals surface area contributed by atoms with E-state index in [2.05, 4.69) is 6.07 Å². The van der Waals surface area contributed by atoms with Crippen LogP contribution in [-0.4, -0.2) is 19.5 Å². The summed E-state index contributed by atoms with van der Waals surface area (Å²) in [4.78, 5) is 11.5. The summed E-state index contributed by atoms with van der Waals surface area (Å²) in [7, 11) is 1.60. The van der Waals surface area contributed by atoms with Crippen molar-refractivity contribution >= 4 is 5.78 Å². The van der Waals surface area contributed by atoms with Crippen molar-refractivity contribution in [3.63, 3.8) is 0 Å². The minimum absolute atomic E-state index is 0.0306. The lowest BCUT2D eigenvalue weighted by Crippen LogP contribution is -2.25. The summed E-state index contributed by atoms with van der Waals surface area (Å²) < 4.78 is 5.03. The third kappa shape index (κ3) is 3.89. The van der Waals surface area contributed by atoms with E-state index in [-0.39, 0.29) is 11.7 Å². The highest BCUT2D eigenvalue weighted by atomic mass is 16.5. The number of nitrogens with zero attached hydrogens (tertiary/aromatic N) is 1. The van der Waals surface area contributed by atoms with Crippen molar-refractivity contribution in [2.45, 2.75) is 33.1 Å². The zero-order valence-corrected chi connectivity index (χ0v) is 9.25. The molecule has 0 aliphatic carbocycles. The van der Waals surface area contributed by atoms with E-state index < -0.39 is 5.92 Å². The Kier molecular flexibility index (Phi) is 7.04. The van der Waals surface area contributed by atoms with Gasteiger partial charge >= 0.3 is 0 Å². The number of Topliss-reactive ketones (excluding diaryl/α,β-unsaturated/α-hetero) is 1. The number of nitriles is 1. The normalized spacial score (nSPS) is 14.4. The molecule has 0 N–H and O–H groups in total. The van der Waals surface area contributed by atoms with Gasteiger partial charge in [0.2, 0.25) is 0 Å². The molecule has 0 fully saturated rings. The first kappa shape index (κ1) is 13.1. The van der Waals surface area contributed by atoms with Gasteiger partial charge in [-0.3, -0.25) is 4.79 Å². The van der Waals surface area contributed by atoms with Crippen molar-refractivity contribution in [2.24, 2.45) is 11.8 Å². The number of methoxy groups -OCH3 is 1. The molecule has 0 aromatic carbocycles. The number of carbonyl (C=O) groups excluding carboxylic acids is 1. The van der Waals surface area contributed by atoms with Crippen LogP contribution in [0.25, 0.3) is 0 Å². The second-order valence-electron chi connectivity index (χ2n) is 3.43. The summed E-state index contributed by atoms with van der Waals surface area (Å²) in [5, 5.41) is 8.92.